The molecule has 0 bridgehead atoms. The second kappa shape index (κ2) is 21.9. The Hall–Kier alpha value is -0.746. The van der Waals surface area contributed by atoms with E-state index >= 15 is 0 Å². The van der Waals surface area contributed by atoms with E-state index in [4.69, 9.17) is 27.8 Å². The standard InChI is InChI=1S/C54H96O6Si2/c1-51(2,3)61(8,9)59-43-29-31-44-42(40-43)28-30-46-45(44)32-35-53(7)47(46)41-54(50(53)60-62(10,11)52(4,5)6,33-20-14-12-16-22-36-55-48-26-18-24-38-57-48)34-21-15-13-17-23-37-56-49-27-19-25-39-58-49/h29,31,40,45-50H,12-28,30,32-39,41H2,1-11H3/t45-,46-,47+,48?,49?,50-,53+,54?/m1/s1. The van der Waals surface area contributed by atoms with E-state index in [-0.39, 0.29) is 33.5 Å². The van der Waals surface area contributed by atoms with Gasteiger partial charge in [0.1, 0.15) is 5.75 Å². The van der Waals surface area contributed by atoms with E-state index in [2.05, 4.69) is 92.9 Å². The maximum absolute atomic E-state index is 8.00. The van der Waals surface area contributed by atoms with E-state index in [1.54, 1.807) is 11.1 Å². The van der Waals surface area contributed by atoms with Gasteiger partial charge in [0.2, 0.25) is 8.32 Å². The number of fused-ring (bicyclic) bond motifs is 5. The third kappa shape index (κ3) is 12.6. The number of rotatable bonds is 22. The lowest BCUT2D eigenvalue weighted by Crippen LogP contribution is -2.54. The third-order valence-corrected chi connectivity index (χ3v) is 26.6. The molecule has 2 heterocycles. The van der Waals surface area contributed by atoms with Gasteiger partial charge in [-0.25, -0.2) is 0 Å². The van der Waals surface area contributed by atoms with Gasteiger partial charge in [0.05, 0.1) is 6.10 Å². The first kappa shape index (κ1) is 50.7. The molecule has 0 radical (unpaired) electrons. The molecule has 62 heavy (non-hydrogen) atoms. The Morgan fingerprint density at radius 2 is 1.21 bits per heavy atom. The van der Waals surface area contributed by atoms with E-state index in [1.165, 1.54) is 122 Å². The lowest BCUT2D eigenvalue weighted by molar-refractivity contribution is -0.163. The summed E-state index contributed by atoms with van der Waals surface area (Å²) < 4.78 is 38.7. The highest BCUT2D eigenvalue weighted by atomic mass is 28.4. The van der Waals surface area contributed by atoms with Crippen molar-refractivity contribution in [2.75, 3.05) is 26.4 Å². The van der Waals surface area contributed by atoms with E-state index in [1.807, 2.05) is 0 Å². The average Bonchev–Trinajstić information content (AvgIpc) is 3.46. The summed E-state index contributed by atoms with van der Waals surface area (Å²) in [7, 11) is -3.95. The minimum atomic E-state index is -2.05. The van der Waals surface area contributed by atoms with Crippen LogP contribution in [0.5, 0.6) is 5.75 Å². The summed E-state index contributed by atoms with van der Waals surface area (Å²) in [5, 5.41) is 0.380. The van der Waals surface area contributed by atoms with Crippen LogP contribution in [-0.2, 0) is 29.8 Å². The number of benzene rings is 1. The molecule has 1 aromatic carbocycles. The van der Waals surface area contributed by atoms with Gasteiger partial charge < -0.3 is 27.8 Å². The monoisotopic (exact) mass is 897 g/mol. The molecule has 2 saturated carbocycles. The number of unbranched alkanes of at least 4 members (excludes halogenated alkanes) is 8. The Labute approximate surface area is 384 Å². The maximum atomic E-state index is 8.00. The average molecular weight is 898 g/mol. The number of aryl methyl sites for hydroxylation is 1. The normalized spacial score (nSPS) is 30.8. The molecule has 5 aliphatic rings. The van der Waals surface area contributed by atoms with Crippen LogP contribution in [0.2, 0.25) is 36.3 Å². The van der Waals surface area contributed by atoms with Crippen molar-refractivity contribution in [2.24, 2.45) is 22.7 Å². The van der Waals surface area contributed by atoms with E-state index < -0.39 is 16.6 Å². The van der Waals surface area contributed by atoms with Gasteiger partial charge in [-0.2, -0.15) is 0 Å². The van der Waals surface area contributed by atoms with Gasteiger partial charge in [-0.15, -0.1) is 0 Å². The molecule has 1 aromatic rings. The maximum Gasteiger partial charge on any atom is 0.250 e. The molecule has 6 nitrogen and oxygen atoms in total. The van der Waals surface area contributed by atoms with Gasteiger partial charge in [0, 0.05) is 26.4 Å². The van der Waals surface area contributed by atoms with Crippen molar-refractivity contribution in [1.82, 2.24) is 0 Å². The zero-order valence-corrected chi connectivity index (χ0v) is 44.2. The highest BCUT2D eigenvalue weighted by Crippen LogP contribution is 2.69. The van der Waals surface area contributed by atoms with Gasteiger partial charge in [0.15, 0.2) is 20.9 Å². The molecule has 356 valence electrons. The van der Waals surface area contributed by atoms with Crippen molar-refractivity contribution >= 4 is 16.6 Å². The molecule has 0 amide bonds. The van der Waals surface area contributed by atoms with Crippen LogP contribution in [0.3, 0.4) is 0 Å². The van der Waals surface area contributed by atoms with Gasteiger partial charge in [-0.05, 0) is 184 Å². The highest BCUT2D eigenvalue weighted by molar-refractivity contribution is 6.75. The van der Waals surface area contributed by atoms with Crippen molar-refractivity contribution < 1.29 is 27.8 Å². The predicted octanol–water partition coefficient (Wildman–Crippen LogP) is 15.7. The fourth-order valence-corrected chi connectivity index (χ4v) is 14.5. The molecular weight excluding hydrogens is 801 g/mol. The quantitative estimate of drug-likeness (QED) is 0.0854. The summed E-state index contributed by atoms with van der Waals surface area (Å²) in [4.78, 5) is 0. The van der Waals surface area contributed by atoms with Gasteiger partial charge in [-0.3, -0.25) is 0 Å². The molecule has 2 aliphatic heterocycles. The fraction of sp³-hybridized carbons (Fsp3) is 0.889. The smallest absolute Gasteiger partial charge is 0.250 e. The van der Waals surface area contributed by atoms with E-state index in [0.29, 0.717) is 17.9 Å². The van der Waals surface area contributed by atoms with Crippen molar-refractivity contribution in [3.05, 3.63) is 29.3 Å². The van der Waals surface area contributed by atoms with E-state index in [0.717, 1.165) is 63.8 Å². The van der Waals surface area contributed by atoms with Gasteiger partial charge >= 0.3 is 0 Å². The zero-order chi connectivity index (χ0) is 44.7. The highest BCUT2D eigenvalue weighted by Gasteiger charge is 2.65. The molecule has 2 unspecified atom stereocenters. The van der Waals surface area contributed by atoms with Crippen molar-refractivity contribution in [2.45, 2.75) is 257 Å². The SMILES string of the molecule is CC(C)(C)[Si](C)(C)Oc1ccc2c(c1)CC[C@@H]1[C@@H]2CC[C@@]2(C)[C@H]1CC(CCCCCCCOC1CCCCO1)(CCCCCCCOC1CCCCO1)[C@@H]2O[Si](C)(C)C(C)(C)C. The second-order valence-electron chi connectivity index (χ2n) is 24.4. The Bertz CT molecular complexity index is 1470. The van der Waals surface area contributed by atoms with Crippen LogP contribution in [-0.4, -0.2) is 61.7 Å². The van der Waals surface area contributed by atoms with Crippen LogP contribution in [0, 0.1) is 22.7 Å². The van der Waals surface area contributed by atoms with Crippen LogP contribution in [0.1, 0.15) is 207 Å². The first-order chi connectivity index (χ1) is 29.4. The molecule has 7 atom stereocenters. The fourth-order valence-electron chi connectivity index (χ4n) is 12.0. The molecule has 2 saturated heterocycles. The summed E-state index contributed by atoms with van der Waals surface area (Å²) in [6.07, 6.45) is 29.1. The predicted molar refractivity (Wildman–Crippen MR) is 263 cm³/mol. The molecule has 6 rings (SSSR count). The Morgan fingerprint density at radius 1 is 0.661 bits per heavy atom. The largest absolute Gasteiger partial charge is 0.543 e. The molecule has 0 N–H and O–H groups in total. The molecule has 4 fully saturated rings. The molecule has 0 aromatic heterocycles. The third-order valence-electron chi connectivity index (χ3n) is 17.8. The Morgan fingerprint density at radius 3 is 1.74 bits per heavy atom. The van der Waals surface area contributed by atoms with Crippen molar-refractivity contribution in [1.29, 1.82) is 0 Å². The molecule has 3 aliphatic carbocycles. The lowest BCUT2D eigenvalue weighted by atomic mass is 9.55. The molecule has 0 spiro atoms. The molecule has 8 heteroatoms. The van der Waals surface area contributed by atoms with Crippen molar-refractivity contribution in [3.63, 3.8) is 0 Å². The first-order valence-corrected chi connectivity index (χ1v) is 32.1. The summed E-state index contributed by atoms with van der Waals surface area (Å²) >= 11 is 0. The number of hydrogen-bond acceptors (Lipinski definition) is 6. The topological polar surface area (TPSA) is 55.4 Å². The number of ether oxygens (including phenoxy) is 4. The van der Waals surface area contributed by atoms with Crippen LogP contribution >= 0.6 is 0 Å². The van der Waals surface area contributed by atoms with Gasteiger partial charge in [-0.1, -0.05) is 106 Å². The Balaban J connectivity index is 1.16. The summed E-state index contributed by atoms with van der Waals surface area (Å²) in [6.45, 7) is 30.4. The summed E-state index contributed by atoms with van der Waals surface area (Å²) in [5.74, 6) is 3.21. The van der Waals surface area contributed by atoms with Crippen molar-refractivity contribution in [3.8, 4) is 5.75 Å². The first-order valence-electron chi connectivity index (χ1n) is 26.3. The Kier molecular flexibility index (Phi) is 17.9. The van der Waals surface area contributed by atoms with Crippen LogP contribution in [0.25, 0.3) is 0 Å². The minimum absolute atomic E-state index is 0.0364. The molecular formula is C54H96O6Si2. The van der Waals surface area contributed by atoms with Crippen LogP contribution in [0.15, 0.2) is 18.2 Å². The van der Waals surface area contributed by atoms with Crippen LogP contribution in [0.4, 0.5) is 0 Å². The van der Waals surface area contributed by atoms with Crippen LogP contribution < -0.4 is 4.43 Å². The lowest BCUT2D eigenvalue weighted by Gasteiger charge is -2.53. The number of hydrogen-bond donors (Lipinski definition) is 0. The summed E-state index contributed by atoms with van der Waals surface area (Å²) in [6, 6.07) is 7.29. The second-order valence-corrected chi connectivity index (χ2v) is 33.9. The van der Waals surface area contributed by atoms with Gasteiger partial charge in [0.25, 0.3) is 0 Å². The van der Waals surface area contributed by atoms with E-state index in [9.17, 15) is 0 Å². The zero-order valence-electron chi connectivity index (χ0n) is 42.2. The minimum Gasteiger partial charge on any atom is -0.543 e. The summed E-state index contributed by atoms with van der Waals surface area (Å²) in [5.41, 5.74) is 3.67.